The lowest BCUT2D eigenvalue weighted by Gasteiger charge is -2.25. The average molecular weight is 232 g/mol. The minimum absolute atomic E-state index is 0.0459. The summed E-state index contributed by atoms with van der Waals surface area (Å²) >= 11 is 0. The zero-order chi connectivity index (χ0) is 12.3. The van der Waals surface area contributed by atoms with Crippen LogP contribution in [-0.4, -0.2) is 30.1 Å². The molecule has 1 aromatic heterocycles. The molecule has 92 valence electrons. The molecule has 17 heavy (non-hydrogen) atoms. The van der Waals surface area contributed by atoms with Crippen molar-refractivity contribution in [2.45, 2.75) is 32.2 Å². The molecule has 2 N–H and O–H groups in total. The van der Waals surface area contributed by atoms with E-state index in [1.165, 1.54) is 5.56 Å². The largest absolute Gasteiger partial charge is 0.356 e. The van der Waals surface area contributed by atoms with E-state index >= 15 is 0 Å². The smallest absolute Gasteiger partial charge is 0.191 e. The Balaban J connectivity index is 1.94. The van der Waals surface area contributed by atoms with E-state index in [1.807, 2.05) is 12.3 Å². The zero-order valence-corrected chi connectivity index (χ0v) is 10.7. The monoisotopic (exact) mass is 232 g/mol. The summed E-state index contributed by atoms with van der Waals surface area (Å²) in [5.41, 5.74) is 1.28. The number of rotatable bonds is 3. The Morgan fingerprint density at radius 3 is 2.94 bits per heavy atom. The van der Waals surface area contributed by atoms with Crippen molar-refractivity contribution in [1.29, 1.82) is 0 Å². The molecular weight excluding hydrogens is 212 g/mol. The maximum absolute atomic E-state index is 4.39. The lowest BCUT2D eigenvalue weighted by atomic mass is 9.86. The van der Waals surface area contributed by atoms with Crippen LogP contribution in [0.4, 0.5) is 0 Å². The standard InChI is InChI=1S/C13H20N4/c1-10-7-15-12(17-10)16-9-13(2,3)11-5-4-6-14-8-11/h4-6,8,10H,7,9H2,1-3H3,(H2,15,16,17). The third-order valence-electron chi connectivity index (χ3n) is 3.05. The fourth-order valence-corrected chi connectivity index (χ4v) is 1.83. The molecule has 0 amide bonds. The van der Waals surface area contributed by atoms with E-state index in [-0.39, 0.29) is 5.41 Å². The zero-order valence-electron chi connectivity index (χ0n) is 10.7. The van der Waals surface area contributed by atoms with Crippen molar-refractivity contribution in [3.05, 3.63) is 30.1 Å². The van der Waals surface area contributed by atoms with Gasteiger partial charge in [0.2, 0.25) is 0 Å². The number of guanidine groups is 1. The van der Waals surface area contributed by atoms with Crippen LogP contribution in [-0.2, 0) is 5.41 Å². The SMILES string of the molecule is CC1CN=C(NCC(C)(C)c2cccnc2)N1. The van der Waals surface area contributed by atoms with Crippen molar-refractivity contribution in [3.63, 3.8) is 0 Å². The Kier molecular flexibility index (Phi) is 3.31. The van der Waals surface area contributed by atoms with Gasteiger partial charge in [0, 0.05) is 30.4 Å². The predicted octanol–water partition coefficient (Wildman–Crippen LogP) is 1.30. The topological polar surface area (TPSA) is 49.3 Å². The van der Waals surface area contributed by atoms with Gasteiger partial charge in [-0.3, -0.25) is 9.98 Å². The van der Waals surface area contributed by atoms with Gasteiger partial charge in [0.05, 0.1) is 6.54 Å². The summed E-state index contributed by atoms with van der Waals surface area (Å²) < 4.78 is 0. The second-order valence-electron chi connectivity index (χ2n) is 5.21. The molecule has 0 fully saturated rings. The fraction of sp³-hybridized carbons (Fsp3) is 0.538. The Morgan fingerprint density at radius 1 is 1.53 bits per heavy atom. The molecule has 1 aliphatic heterocycles. The molecule has 1 aromatic rings. The van der Waals surface area contributed by atoms with E-state index in [0.717, 1.165) is 19.0 Å². The second-order valence-corrected chi connectivity index (χ2v) is 5.21. The molecular formula is C13H20N4. The molecule has 0 aliphatic carbocycles. The highest BCUT2D eigenvalue weighted by molar-refractivity contribution is 5.81. The molecule has 4 heteroatoms. The molecule has 0 aromatic carbocycles. The number of nitrogens with one attached hydrogen (secondary N) is 2. The van der Waals surface area contributed by atoms with E-state index in [0.29, 0.717) is 6.04 Å². The van der Waals surface area contributed by atoms with Crippen molar-refractivity contribution >= 4 is 5.96 Å². The van der Waals surface area contributed by atoms with Gasteiger partial charge in [-0.05, 0) is 18.6 Å². The quantitative estimate of drug-likeness (QED) is 0.826. The Labute approximate surface area is 103 Å². The molecule has 1 unspecified atom stereocenters. The van der Waals surface area contributed by atoms with Gasteiger partial charge in [0.1, 0.15) is 0 Å². The van der Waals surface area contributed by atoms with Gasteiger partial charge in [-0.1, -0.05) is 19.9 Å². The summed E-state index contributed by atoms with van der Waals surface area (Å²) in [4.78, 5) is 8.56. The van der Waals surface area contributed by atoms with E-state index in [2.05, 4.69) is 47.4 Å². The number of pyridine rings is 1. The molecule has 0 radical (unpaired) electrons. The Bertz CT molecular complexity index is 397. The highest BCUT2D eigenvalue weighted by Gasteiger charge is 2.22. The van der Waals surface area contributed by atoms with Crippen LogP contribution in [0, 0.1) is 0 Å². The minimum atomic E-state index is 0.0459. The van der Waals surface area contributed by atoms with Crippen LogP contribution in [0.5, 0.6) is 0 Å². The van der Waals surface area contributed by atoms with Crippen LogP contribution < -0.4 is 10.6 Å². The Hall–Kier alpha value is -1.58. The molecule has 1 aliphatic rings. The van der Waals surface area contributed by atoms with Gasteiger partial charge in [0.25, 0.3) is 0 Å². The summed E-state index contributed by atoms with van der Waals surface area (Å²) in [6, 6.07) is 4.53. The molecule has 0 saturated heterocycles. The lowest BCUT2D eigenvalue weighted by Crippen LogP contribution is -2.43. The minimum Gasteiger partial charge on any atom is -0.356 e. The first-order valence-electron chi connectivity index (χ1n) is 6.03. The summed E-state index contributed by atoms with van der Waals surface area (Å²) in [6.45, 7) is 8.24. The first kappa shape index (κ1) is 11.9. The summed E-state index contributed by atoms with van der Waals surface area (Å²) in [5, 5.41) is 6.66. The maximum Gasteiger partial charge on any atom is 0.191 e. The van der Waals surface area contributed by atoms with Crippen LogP contribution in [0.25, 0.3) is 0 Å². The summed E-state index contributed by atoms with van der Waals surface area (Å²) in [7, 11) is 0. The van der Waals surface area contributed by atoms with Crippen molar-refractivity contribution in [1.82, 2.24) is 15.6 Å². The van der Waals surface area contributed by atoms with Crippen molar-refractivity contribution in [3.8, 4) is 0 Å². The van der Waals surface area contributed by atoms with Crippen LogP contribution in [0.15, 0.2) is 29.5 Å². The van der Waals surface area contributed by atoms with Gasteiger partial charge < -0.3 is 10.6 Å². The second kappa shape index (κ2) is 4.73. The van der Waals surface area contributed by atoms with Crippen LogP contribution in [0.3, 0.4) is 0 Å². The van der Waals surface area contributed by atoms with Crippen LogP contribution in [0.1, 0.15) is 26.3 Å². The molecule has 4 nitrogen and oxygen atoms in total. The molecule has 1 atom stereocenters. The van der Waals surface area contributed by atoms with E-state index in [4.69, 9.17) is 0 Å². The molecule has 2 heterocycles. The van der Waals surface area contributed by atoms with Crippen molar-refractivity contribution in [2.75, 3.05) is 13.1 Å². The first-order chi connectivity index (χ1) is 8.08. The maximum atomic E-state index is 4.39. The van der Waals surface area contributed by atoms with Crippen LogP contribution >= 0.6 is 0 Å². The molecule has 0 saturated carbocycles. The van der Waals surface area contributed by atoms with E-state index in [9.17, 15) is 0 Å². The highest BCUT2D eigenvalue weighted by Crippen LogP contribution is 2.20. The van der Waals surface area contributed by atoms with Gasteiger partial charge in [-0.25, -0.2) is 0 Å². The van der Waals surface area contributed by atoms with Gasteiger partial charge in [-0.15, -0.1) is 0 Å². The summed E-state index contributed by atoms with van der Waals surface area (Å²) in [6.07, 6.45) is 3.73. The number of hydrogen-bond acceptors (Lipinski definition) is 4. The summed E-state index contributed by atoms with van der Waals surface area (Å²) in [5.74, 6) is 0.912. The van der Waals surface area contributed by atoms with E-state index < -0.39 is 0 Å². The van der Waals surface area contributed by atoms with E-state index in [1.54, 1.807) is 6.20 Å². The highest BCUT2D eigenvalue weighted by atomic mass is 15.2. The van der Waals surface area contributed by atoms with Gasteiger partial charge >= 0.3 is 0 Å². The Morgan fingerprint density at radius 2 is 2.35 bits per heavy atom. The molecule has 2 rings (SSSR count). The molecule has 0 bridgehead atoms. The number of hydrogen-bond donors (Lipinski definition) is 2. The third-order valence-corrected chi connectivity index (χ3v) is 3.05. The fourth-order valence-electron chi connectivity index (χ4n) is 1.83. The average Bonchev–Trinajstić information content (AvgIpc) is 2.74. The number of nitrogens with zero attached hydrogens (tertiary/aromatic N) is 2. The first-order valence-corrected chi connectivity index (χ1v) is 6.03. The normalized spacial score (nSPS) is 19.7. The lowest BCUT2D eigenvalue weighted by molar-refractivity contribution is 0.507. The predicted molar refractivity (Wildman–Crippen MR) is 70.2 cm³/mol. The number of aromatic nitrogens is 1. The van der Waals surface area contributed by atoms with Crippen LogP contribution in [0.2, 0.25) is 0 Å². The van der Waals surface area contributed by atoms with Crippen molar-refractivity contribution in [2.24, 2.45) is 4.99 Å². The third kappa shape index (κ3) is 2.96. The van der Waals surface area contributed by atoms with Gasteiger partial charge in [-0.2, -0.15) is 0 Å². The number of aliphatic imine (C=N–C) groups is 1. The van der Waals surface area contributed by atoms with Crippen molar-refractivity contribution < 1.29 is 0 Å². The van der Waals surface area contributed by atoms with Gasteiger partial charge in [0.15, 0.2) is 5.96 Å². The molecule has 0 spiro atoms.